The molecule has 8 nitrogen and oxygen atoms in total. The molecular formula is C24H20FN7O. The number of hydrogen-bond acceptors (Lipinski definition) is 6. The predicted octanol–water partition coefficient (Wildman–Crippen LogP) is 4.06. The fraction of sp³-hybridized carbons (Fsp3) is 0.125. The van der Waals surface area contributed by atoms with Gasteiger partial charge in [-0.2, -0.15) is 9.78 Å². The zero-order chi connectivity index (χ0) is 22.8. The molecule has 0 fully saturated rings. The zero-order valence-electron chi connectivity index (χ0n) is 17.8. The zero-order valence-corrected chi connectivity index (χ0v) is 17.8. The van der Waals surface area contributed by atoms with Gasteiger partial charge in [-0.1, -0.05) is 48.5 Å². The van der Waals surface area contributed by atoms with Gasteiger partial charge in [-0.3, -0.25) is 9.80 Å². The standard InChI is InChI=1S/C24H20FN7O/c1-16-27-29-30-31(16)19-12-13-20(25)21(14-19)26-24(33)22-15-23(17-8-4-2-5-9-17)32(28-22)18-10-6-3-7-11-18/h2-14,23H,15H2,1H3,(H,26,33). The number of benzene rings is 3. The maximum atomic E-state index is 14.5. The normalized spacial score (nSPS) is 15.4. The van der Waals surface area contributed by atoms with E-state index in [4.69, 9.17) is 0 Å². The number of rotatable bonds is 5. The Bertz CT molecular complexity index is 1320. The van der Waals surface area contributed by atoms with Crippen molar-refractivity contribution in [3.8, 4) is 5.69 Å². The van der Waals surface area contributed by atoms with Crippen LogP contribution >= 0.6 is 0 Å². The van der Waals surface area contributed by atoms with Crippen molar-refractivity contribution >= 4 is 23.0 Å². The lowest BCUT2D eigenvalue weighted by atomic mass is 10.0. The second-order valence-electron chi connectivity index (χ2n) is 7.61. The smallest absolute Gasteiger partial charge is 0.272 e. The van der Waals surface area contributed by atoms with Gasteiger partial charge < -0.3 is 5.32 Å². The van der Waals surface area contributed by atoms with Crippen molar-refractivity contribution in [2.24, 2.45) is 5.10 Å². The van der Waals surface area contributed by atoms with E-state index in [0.717, 1.165) is 11.3 Å². The van der Waals surface area contributed by atoms with Crippen molar-refractivity contribution in [2.75, 3.05) is 10.3 Å². The van der Waals surface area contributed by atoms with Crippen LogP contribution in [-0.2, 0) is 4.79 Å². The molecule has 1 aromatic heterocycles. The van der Waals surface area contributed by atoms with Crippen LogP contribution in [0, 0.1) is 12.7 Å². The number of amides is 1. The molecule has 0 radical (unpaired) electrons. The van der Waals surface area contributed by atoms with Gasteiger partial charge in [0.1, 0.15) is 11.5 Å². The average molecular weight is 441 g/mol. The van der Waals surface area contributed by atoms with Crippen LogP contribution in [0.2, 0.25) is 0 Å². The minimum absolute atomic E-state index is 0.0320. The van der Waals surface area contributed by atoms with Crippen molar-refractivity contribution in [3.05, 3.63) is 96.1 Å². The third kappa shape index (κ3) is 4.08. The highest BCUT2D eigenvalue weighted by Gasteiger charge is 2.32. The minimum Gasteiger partial charge on any atom is -0.318 e. The maximum Gasteiger partial charge on any atom is 0.272 e. The molecule has 0 saturated carbocycles. The summed E-state index contributed by atoms with van der Waals surface area (Å²) in [5.74, 6) is -0.474. The van der Waals surface area contributed by atoms with Crippen LogP contribution in [0.4, 0.5) is 15.8 Å². The second-order valence-corrected chi connectivity index (χ2v) is 7.61. The lowest BCUT2D eigenvalue weighted by Gasteiger charge is -2.23. The highest BCUT2D eigenvalue weighted by atomic mass is 19.1. The Kier molecular flexibility index (Phi) is 5.35. The third-order valence-corrected chi connectivity index (χ3v) is 5.45. The fourth-order valence-corrected chi connectivity index (χ4v) is 3.81. The molecule has 1 aliphatic heterocycles. The summed E-state index contributed by atoms with van der Waals surface area (Å²) >= 11 is 0. The number of nitrogens with one attached hydrogen (secondary N) is 1. The summed E-state index contributed by atoms with van der Waals surface area (Å²) in [5.41, 5.74) is 2.79. The number of hydrazone groups is 1. The maximum absolute atomic E-state index is 14.5. The first-order valence-corrected chi connectivity index (χ1v) is 10.4. The van der Waals surface area contributed by atoms with E-state index in [0.29, 0.717) is 23.6 Å². The SMILES string of the molecule is Cc1nnnn1-c1ccc(F)c(NC(=O)C2=NN(c3ccccc3)C(c3ccccc3)C2)c1. The Morgan fingerprint density at radius 2 is 1.73 bits per heavy atom. The number of halogens is 1. The fourth-order valence-electron chi connectivity index (χ4n) is 3.81. The Labute approximate surface area is 189 Å². The summed E-state index contributed by atoms with van der Waals surface area (Å²) in [6, 6.07) is 23.7. The predicted molar refractivity (Wildman–Crippen MR) is 123 cm³/mol. The number of tetrazole rings is 1. The first kappa shape index (κ1) is 20.5. The number of hydrogen-bond donors (Lipinski definition) is 1. The minimum atomic E-state index is -0.559. The highest BCUT2D eigenvalue weighted by Crippen LogP contribution is 2.35. The second kappa shape index (κ2) is 8.62. The molecule has 1 unspecified atom stereocenters. The number of para-hydroxylation sites is 1. The summed E-state index contributed by atoms with van der Waals surface area (Å²) in [5, 5.41) is 20.4. The average Bonchev–Trinajstić information content (AvgIpc) is 3.48. The molecule has 2 heterocycles. The molecular weight excluding hydrogens is 421 g/mol. The number of nitrogens with zero attached hydrogens (tertiary/aromatic N) is 6. The monoisotopic (exact) mass is 441 g/mol. The van der Waals surface area contributed by atoms with Crippen LogP contribution in [0.3, 0.4) is 0 Å². The molecule has 0 aliphatic carbocycles. The van der Waals surface area contributed by atoms with E-state index in [1.165, 1.54) is 16.8 Å². The Hall–Kier alpha value is -4.40. The molecule has 164 valence electrons. The third-order valence-electron chi connectivity index (χ3n) is 5.45. The van der Waals surface area contributed by atoms with Gasteiger partial charge in [0.05, 0.1) is 23.1 Å². The van der Waals surface area contributed by atoms with E-state index in [-0.39, 0.29) is 11.7 Å². The van der Waals surface area contributed by atoms with Crippen LogP contribution in [0.15, 0.2) is 84.0 Å². The van der Waals surface area contributed by atoms with E-state index >= 15 is 0 Å². The van der Waals surface area contributed by atoms with E-state index in [1.54, 1.807) is 13.0 Å². The lowest BCUT2D eigenvalue weighted by Crippen LogP contribution is -2.22. The van der Waals surface area contributed by atoms with Gasteiger partial charge in [0.25, 0.3) is 5.91 Å². The Morgan fingerprint density at radius 3 is 2.42 bits per heavy atom. The molecule has 5 rings (SSSR count). The van der Waals surface area contributed by atoms with Gasteiger partial charge in [-0.15, -0.1) is 5.10 Å². The first-order chi connectivity index (χ1) is 16.1. The van der Waals surface area contributed by atoms with Crippen molar-refractivity contribution in [3.63, 3.8) is 0 Å². The molecule has 3 aromatic carbocycles. The van der Waals surface area contributed by atoms with E-state index in [2.05, 4.69) is 25.9 Å². The Balaban J connectivity index is 1.43. The molecule has 0 saturated heterocycles. The van der Waals surface area contributed by atoms with Gasteiger partial charge in [0.15, 0.2) is 5.82 Å². The molecule has 1 atom stereocenters. The van der Waals surface area contributed by atoms with Gasteiger partial charge >= 0.3 is 0 Å². The molecule has 1 aliphatic rings. The molecule has 1 N–H and O–H groups in total. The number of carbonyl (C=O) groups excluding carboxylic acids is 1. The van der Waals surface area contributed by atoms with Crippen molar-refractivity contribution in [1.29, 1.82) is 0 Å². The van der Waals surface area contributed by atoms with Crippen LogP contribution in [-0.4, -0.2) is 31.8 Å². The van der Waals surface area contributed by atoms with Crippen LogP contribution < -0.4 is 10.3 Å². The van der Waals surface area contributed by atoms with Crippen LogP contribution in [0.25, 0.3) is 5.69 Å². The summed E-state index contributed by atoms with van der Waals surface area (Å²) in [4.78, 5) is 13.1. The lowest BCUT2D eigenvalue weighted by molar-refractivity contribution is -0.110. The number of anilines is 2. The van der Waals surface area contributed by atoms with Crippen LogP contribution in [0.1, 0.15) is 23.9 Å². The van der Waals surface area contributed by atoms with Gasteiger partial charge in [0, 0.05) is 6.42 Å². The number of aryl methyl sites for hydroxylation is 1. The highest BCUT2D eigenvalue weighted by molar-refractivity contribution is 6.43. The molecule has 1 amide bonds. The van der Waals surface area contributed by atoms with E-state index in [1.807, 2.05) is 65.7 Å². The molecule has 9 heteroatoms. The van der Waals surface area contributed by atoms with Gasteiger partial charge in [-0.05, 0) is 53.2 Å². The molecule has 0 spiro atoms. The topological polar surface area (TPSA) is 88.3 Å². The molecule has 0 bridgehead atoms. The van der Waals surface area contributed by atoms with Gasteiger partial charge in [0.2, 0.25) is 0 Å². The molecule has 33 heavy (non-hydrogen) atoms. The summed E-state index contributed by atoms with van der Waals surface area (Å²) in [6.45, 7) is 1.73. The molecule has 4 aromatic rings. The number of aromatic nitrogens is 4. The summed E-state index contributed by atoms with van der Waals surface area (Å²) < 4.78 is 16.0. The first-order valence-electron chi connectivity index (χ1n) is 10.4. The summed E-state index contributed by atoms with van der Waals surface area (Å²) in [6.07, 6.45) is 0.387. The van der Waals surface area contributed by atoms with E-state index < -0.39 is 11.7 Å². The van der Waals surface area contributed by atoms with Crippen LogP contribution in [0.5, 0.6) is 0 Å². The Morgan fingerprint density at radius 1 is 1.00 bits per heavy atom. The quantitative estimate of drug-likeness (QED) is 0.505. The number of carbonyl (C=O) groups is 1. The van der Waals surface area contributed by atoms with Crippen molar-refractivity contribution in [1.82, 2.24) is 20.2 Å². The largest absolute Gasteiger partial charge is 0.318 e. The van der Waals surface area contributed by atoms with Crippen molar-refractivity contribution < 1.29 is 9.18 Å². The van der Waals surface area contributed by atoms with E-state index in [9.17, 15) is 9.18 Å². The van der Waals surface area contributed by atoms with Crippen molar-refractivity contribution in [2.45, 2.75) is 19.4 Å². The summed E-state index contributed by atoms with van der Waals surface area (Å²) in [7, 11) is 0. The van der Waals surface area contributed by atoms with Gasteiger partial charge in [-0.25, -0.2) is 4.39 Å².